The maximum atomic E-state index is 9.24. The minimum absolute atomic E-state index is 0.0427. The molecule has 0 heterocycles. The topological polar surface area (TPSA) is 134 Å². The highest BCUT2D eigenvalue weighted by molar-refractivity contribution is 5.72. The SMILES string of the molecule is C=CCCC1CCC(c2ccc(-c3ccc(-c4cc(OCCC(=C)CO)cc(OCCC(=C)CO)c4)cc3)cc2)CC1.C=O.CO.O=CO. The van der Waals surface area contributed by atoms with E-state index in [0.717, 1.165) is 41.7 Å². The van der Waals surface area contributed by atoms with Gasteiger partial charge in [-0.1, -0.05) is 67.8 Å². The maximum Gasteiger partial charge on any atom is 0.290 e. The van der Waals surface area contributed by atoms with Crippen LogP contribution in [-0.2, 0) is 9.59 Å². The molecule has 49 heavy (non-hydrogen) atoms. The molecule has 3 aromatic carbocycles. The van der Waals surface area contributed by atoms with Crippen LogP contribution in [0.3, 0.4) is 0 Å². The summed E-state index contributed by atoms with van der Waals surface area (Å²) in [4.78, 5) is 16.4. The second-order valence-corrected chi connectivity index (χ2v) is 11.6. The Morgan fingerprint density at radius 2 is 1.14 bits per heavy atom. The molecule has 0 atom stereocenters. The molecule has 8 heteroatoms. The predicted octanol–water partition coefficient (Wildman–Crippen LogP) is 8.02. The Balaban J connectivity index is 0.00000160. The molecule has 1 aliphatic carbocycles. The molecular weight excluding hydrogens is 620 g/mol. The normalized spacial score (nSPS) is 14.6. The number of carbonyl (C=O) groups is 2. The zero-order valence-corrected chi connectivity index (χ0v) is 28.9. The highest BCUT2D eigenvalue weighted by atomic mass is 16.5. The second-order valence-electron chi connectivity index (χ2n) is 11.6. The van der Waals surface area contributed by atoms with Gasteiger partial charge in [0.2, 0.25) is 0 Å². The monoisotopic (exact) mass is 674 g/mol. The molecule has 1 fully saturated rings. The van der Waals surface area contributed by atoms with Crippen LogP contribution in [0.1, 0.15) is 62.8 Å². The molecule has 0 bridgehead atoms. The molecule has 1 aliphatic rings. The van der Waals surface area contributed by atoms with Gasteiger partial charge < -0.3 is 34.7 Å². The zero-order valence-electron chi connectivity index (χ0n) is 28.9. The van der Waals surface area contributed by atoms with E-state index in [0.29, 0.717) is 43.5 Å². The summed E-state index contributed by atoms with van der Waals surface area (Å²) in [5.41, 5.74) is 7.41. The van der Waals surface area contributed by atoms with Crippen LogP contribution in [0.2, 0.25) is 0 Å². The standard InChI is InChI=1S/C38H46O4.CH2O2.CH4O.CH2O/c1-4-5-6-30-7-9-31(10-8-30)32-11-13-33(14-12-32)34-15-17-35(18-16-34)36-23-37(41-21-19-28(2)26-39)25-38(24-36)42-22-20-29(3)27-40;2-1-3;2*1-2/h4,11-18,23-25,30-31,39-40H,1-3,5-10,19-22,26-27H2;1H,(H,2,3);2H,1H3;1H2. The van der Waals surface area contributed by atoms with Crippen molar-refractivity contribution in [2.24, 2.45) is 5.92 Å². The van der Waals surface area contributed by atoms with Gasteiger partial charge in [0.1, 0.15) is 18.3 Å². The highest BCUT2D eigenvalue weighted by Gasteiger charge is 2.22. The lowest BCUT2D eigenvalue weighted by Crippen LogP contribution is -2.13. The van der Waals surface area contributed by atoms with E-state index in [1.54, 1.807) is 0 Å². The predicted molar refractivity (Wildman–Crippen MR) is 198 cm³/mol. The summed E-state index contributed by atoms with van der Waals surface area (Å²) in [6.07, 6.45) is 10.9. The summed E-state index contributed by atoms with van der Waals surface area (Å²) < 4.78 is 12.0. The van der Waals surface area contributed by atoms with Crippen LogP contribution < -0.4 is 9.47 Å². The van der Waals surface area contributed by atoms with E-state index in [4.69, 9.17) is 29.3 Å². The largest absolute Gasteiger partial charge is 0.493 e. The van der Waals surface area contributed by atoms with Crippen molar-refractivity contribution < 1.29 is 39.5 Å². The van der Waals surface area contributed by atoms with Gasteiger partial charge in [-0.25, -0.2) is 0 Å². The number of allylic oxidation sites excluding steroid dienone is 1. The number of aliphatic hydroxyl groups is 3. The number of aliphatic hydroxyl groups excluding tert-OH is 3. The first-order valence-corrected chi connectivity index (χ1v) is 16.5. The van der Waals surface area contributed by atoms with Crippen LogP contribution in [-0.4, -0.2) is 67.2 Å². The molecule has 0 radical (unpaired) electrons. The Hall–Kier alpha value is -4.50. The fourth-order valence-electron chi connectivity index (χ4n) is 5.63. The van der Waals surface area contributed by atoms with Gasteiger partial charge in [0.15, 0.2) is 0 Å². The third kappa shape index (κ3) is 15.5. The van der Waals surface area contributed by atoms with Crippen molar-refractivity contribution in [1.29, 1.82) is 0 Å². The second kappa shape index (κ2) is 25.5. The van der Waals surface area contributed by atoms with Gasteiger partial charge in [0.25, 0.3) is 6.47 Å². The van der Waals surface area contributed by atoms with Crippen LogP contribution in [0.5, 0.6) is 11.5 Å². The van der Waals surface area contributed by atoms with Crippen molar-refractivity contribution in [2.75, 3.05) is 33.5 Å². The Bertz CT molecular complexity index is 1330. The lowest BCUT2D eigenvalue weighted by atomic mass is 9.77. The van der Waals surface area contributed by atoms with E-state index in [1.807, 2.05) is 25.0 Å². The van der Waals surface area contributed by atoms with Gasteiger partial charge >= 0.3 is 0 Å². The van der Waals surface area contributed by atoms with Gasteiger partial charge in [-0.3, -0.25) is 4.79 Å². The number of benzene rings is 3. The molecule has 0 aromatic heterocycles. The van der Waals surface area contributed by atoms with E-state index in [2.05, 4.69) is 74.3 Å². The average Bonchev–Trinajstić information content (AvgIpc) is 3.16. The zero-order chi connectivity index (χ0) is 36.4. The molecule has 266 valence electrons. The van der Waals surface area contributed by atoms with Gasteiger partial charge in [-0.2, -0.15) is 0 Å². The first kappa shape index (κ1) is 42.5. The van der Waals surface area contributed by atoms with Crippen LogP contribution in [0.15, 0.2) is 104 Å². The lowest BCUT2D eigenvalue weighted by molar-refractivity contribution is -0.122. The molecule has 0 spiro atoms. The fourth-order valence-corrected chi connectivity index (χ4v) is 5.63. The Labute approximate surface area is 292 Å². The third-order valence-electron chi connectivity index (χ3n) is 8.34. The molecule has 1 saturated carbocycles. The van der Waals surface area contributed by atoms with Gasteiger partial charge in [0.05, 0.1) is 26.4 Å². The van der Waals surface area contributed by atoms with E-state index in [9.17, 15) is 10.2 Å². The van der Waals surface area contributed by atoms with Crippen LogP contribution >= 0.6 is 0 Å². The van der Waals surface area contributed by atoms with Gasteiger partial charge in [-0.15, -0.1) is 6.58 Å². The minimum Gasteiger partial charge on any atom is -0.493 e. The molecule has 0 saturated heterocycles. The lowest BCUT2D eigenvalue weighted by Gasteiger charge is -2.28. The van der Waals surface area contributed by atoms with E-state index in [-0.39, 0.29) is 19.7 Å². The molecule has 4 rings (SSSR count). The number of hydrogen-bond acceptors (Lipinski definition) is 7. The molecule has 0 aliphatic heterocycles. The van der Waals surface area contributed by atoms with Crippen LogP contribution in [0.25, 0.3) is 22.3 Å². The van der Waals surface area contributed by atoms with Crippen molar-refractivity contribution in [2.45, 2.75) is 57.3 Å². The van der Waals surface area contributed by atoms with Crippen molar-refractivity contribution in [3.05, 3.63) is 109 Å². The highest BCUT2D eigenvalue weighted by Crippen LogP contribution is 2.38. The number of ether oxygens (including phenoxy) is 2. The summed E-state index contributed by atoms with van der Waals surface area (Å²) in [6.45, 7) is 14.1. The Morgan fingerprint density at radius 1 is 0.735 bits per heavy atom. The van der Waals surface area contributed by atoms with Crippen LogP contribution in [0, 0.1) is 5.92 Å². The first-order valence-electron chi connectivity index (χ1n) is 16.5. The Morgan fingerprint density at radius 3 is 1.55 bits per heavy atom. The quantitative estimate of drug-likeness (QED) is 0.0887. The summed E-state index contributed by atoms with van der Waals surface area (Å²) in [7, 11) is 1.00. The first-order chi connectivity index (χ1) is 23.9. The van der Waals surface area contributed by atoms with E-state index < -0.39 is 0 Å². The smallest absolute Gasteiger partial charge is 0.290 e. The van der Waals surface area contributed by atoms with Crippen molar-refractivity contribution in [1.82, 2.24) is 0 Å². The molecule has 4 N–H and O–H groups in total. The number of carbonyl (C=O) groups excluding carboxylic acids is 1. The van der Waals surface area contributed by atoms with Crippen molar-refractivity contribution in [3.8, 4) is 33.8 Å². The van der Waals surface area contributed by atoms with Crippen molar-refractivity contribution >= 4 is 13.3 Å². The maximum absolute atomic E-state index is 9.24. The van der Waals surface area contributed by atoms with E-state index >= 15 is 0 Å². The average molecular weight is 675 g/mol. The molecule has 0 unspecified atom stereocenters. The number of rotatable bonds is 16. The molecular formula is C41H54O8. The minimum atomic E-state index is -0.250. The summed E-state index contributed by atoms with van der Waals surface area (Å²) in [6, 6.07) is 23.7. The molecule has 0 amide bonds. The van der Waals surface area contributed by atoms with Crippen LogP contribution in [0.4, 0.5) is 0 Å². The van der Waals surface area contributed by atoms with Gasteiger partial charge in [-0.05, 0) is 101 Å². The fraction of sp³-hybridized carbons (Fsp3) is 0.366. The number of hydrogen-bond donors (Lipinski definition) is 4. The number of carboxylic acid groups (broad SMARTS) is 1. The van der Waals surface area contributed by atoms with Gasteiger partial charge in [0, 0.05) is 26.0 Å². The molecule has 3 aromatic rings. The summed E-state index contributed by atoms with van der Waals surface area (Å²) in [5.74, 6) is 2.94. The summed E-state index contributed by atoms with van der Waals surface area (Å²) >= 11 is 0. The van der Waals surface area contributed by atoms with E-state index in [1.165, 1.54) is 48.8 Å². The third-order valence-corrected chi connectivity index (χ3v) is 8.34. The molecule has 8 nitrogen and oxygen atoms in total. The Kier molecular flexibility index (Phi) is 22.1. The van der Waals surface area contributed by atoms with Crippen molar-refractivity contribution in [3.63, 3.8) is 0 Å². The summed E-state index contributed by atoms with van der Waals surface area (Å²) in [5, 5.41) is 32.4.